The van der Waals surface area contributed by atoms with Crippen molar-refractivity contribution in [2.75, 3.05) is 19.0 Å². The van der Waals surface area contributed by atoms with Gasteiger partial charge in [-0.25, -0.2) is 13.4 Å². The number of carbonyl (C=O) groups is 1. The van der Waals surface area contributed by atoms with E-state index in [0.717, 1.165) is 16.7 Å². The van der Waals surface area contributed by atoms with Gasteiger partial charge in [0.05, 0.1) is 11.4 Å². The number of hydrogen-bond donors (Lipinski definition) is 1. The molecule has 0 spiro atoms. The van der Waals surface area contributed by atoms with Crippen LogP contribution in [0.15, 0.2) is 50.4 Å². The zero-order valence-corrected chi connectivity index (χ0v) is 20.5. The molecule has 1 amide bonds. The van der Waals surface area contributed by atoms with E-state index in [4.69, 9.17) is 20.8 Å². The van der Waals surface area contributed by atoms with Gasteiger partial charge in [-0.2, -0.15) is 4.31 Å². The van der Waals surface area contributed by atoms with Gasteiger partial charge in [0, 0.05) is 23.4 Å². The summed E-state index contributed by atoms with van der Waals surface area (Å²) >= 11 is 8.13. The maximum Gasteiger partial charge on any atom is 0.253 e. The topological polar surface area (TPSA) is 102 Å². The zero-order chi connectivity index (χ0) is 23.2. The predicted molar refractivity (Wildman–Crippen MR) is 129 cm³/mol. The predicted octanol–water partition coefficient (Wildman–Crippen LogP) is 5.07. The molecule has 12 heteroatoms. The molecule has 8 nitrogen and oxygen atoms in total. The van der Waals surface area contributed by atoms with Crippen LogP contribution in [0, 0.1) is 0 Å². The van der Waals surface area contributed by atoms with Crippen molar-refractivity contribution in [3.05, 3.63) is 46.1 Å². The molecule has 1 unspecified atom stereocenters. The number of furan rings is 1. The number of anilines is 1. The number of sulfonamides is 1. The molecule has 172 valence electrons. The second-order valence-corrected chi connectivity index (χ2v) is 12.1. The maximum atomic E-state index is 13.0. The first kappa shape index (κ1) is 22.4. The normalized spacial score (nSPS) is 17.0. The smallest absolute Gasteiger partial charge is 0.253 e. The Bertz CT molecular complexity index is 1440. The van der Waals surface area contributed by atoms with Crippen molar-refractivity contribution in [1.29, 1.82) is 0 Å². The lowest BCUT2D eigenvalue weighted by atomic mass is 10.2. The largest absolute Gasteiger partial charge is 0.497 e. The van der Waals surface area contributed by atoms with Crippen molar-refractivity contribution in [3.63, 3.8) is 0 Å². The van der Waals surface area contributed by atoms with Crippen molar-refractivity contribution >= 4 is 66.3 Å². The van der Waals surface area contributed by atoms with Gasteiger partial charge in [-0.3, -0.25) is 4.79 Å². The SMILES string of the molecule is COc1ccc2cc(-c3csc(NC(=O)C4CCCN4S(=O)(=O)c4ccc(Cl)s4)n3)oc2c1. The lowest BCUT2D eigenvalue weighted by Gasteiger charge is -2.22. The third-order valence-corrected chi connectivity index (χ3v) is 9.70. The molecule has 1 fully saturated rings. The van der Waals surface area contributed by atoms with Gasteiger partial charge in [0.15, 0.2) is 10.9 Å². The van der Waals surface area contributed by atoms with Crippen LogP contribution in [0.3, 0.4) is 0 Å². The minimum atomic E-state index is -3.80. The molecule has 1 aliphatic rings. The summed E-state index contributed by atoms with van der Waals surface area (Å²) in [5.74, 6) is 0.846. The van der Waals surface area contributed by atoms with Crippen molar-refractivity contribution in [3.8, 4) is 17.2 Å². The minimum Gasteiger partial charge on any atom is -0.497 e. The zero-order valence-electron chi connectivity index (χ0n) is 17.3. The number of methoxy groups -OCH3 is 1. The molecule has 1 N–H and O–H groups in total. The number of rotatable bonds is 6. The highest BCUT2D eigenvalue weighted by Crippen LogP contribution is 2.34. The van der Waals surface area contributed by atoms with Crippen LogP contribution in [0.5, 0.6) is 5.75 Å². The third kappa shape index (κ3) is 4.26. The number of hydrogen-bond acceptors (Lipinski definition) is 8. The van der Waals surface area contributed by atoms with E-state index >= 15 is 0 Å². The molecule has 1 saturated heterocycles. The summed E-state index contributed by atoms with van der Waals surface area (Å²) in [6.07, 6.45) is 1.04. The Labute approximate surface area is 202 Å². The number of benzene rings is 1. The number of nitrogens with zero attached hydrogens (tertiary/aromatic N) is 2. The average Bonchev–Trinajstić information content (AvgIpc) is 3.58. The monoisotopic (exact) mass is 523 g/mol. The number of halogens is 1. The second-order valence-electron chi connectivity index (χ2n) is 7.37. The average molecular weight is 524 g/mol. The Balaban J connectivity index is 1.33. The van der Waals surface area contributed by atoms with Crippen LogP contribution in [0.2, 0.25) is 4.34 Å². The van der Waals surface area contributed by atoms with Crippen LogP contribution < -0.4 is 10.1 Å². The van der Waals surface area contributed by atoms with Gasteiger partial charge in [0.2, 0.25) is 5.91 Å². The molecule has 0 aliphatic carbocycles. The summed E-state index contributed by atoms with van der Waals surface area (Å²) in [5.41, 5.74) is 1.25. The standard InChI is InChI=1S/C21H18ClN3O5S3/c1-29-13-5-4-12-9-17(30-16(12)10-13)14-11-31-21(23-14)24-20(26)15-3-2-8-25(15)33(27,28)19-7-6-18(22)32-19/h4-7,9-11,15H,2-3,8H2,1H3,(H,23,24,26). The molecule has 33 heavy (non-hydrogen) atoms. The number of nitrogens with one attached hydrogen (secondary N) is 1. The van der Waals surface area contributed by atoms with Gasteiger partial charge in [-0.1, -0.05) is 11.6 Å². The summed E-state index contributed by atoms with van der Waals surface area (Å²) in [6.45, 7) is 0.279. The Kier molecular flexibility index (Phi) is 5.91. The van der Waals surface area contributed by atoms with Crippen LogP contribution in [0.1, 0.15) is 12.8 Å². The second kappa shape index (κ2) is 8.73. The Morgan fingerprint density at radius 3 is 2.91 bits per heavy atom. The third-order valence-electron chi connectivity index (χ3n) is 5.33. The first-order valence-electron chi connectivity index (χ1n) is 9.97. The quantitative estimate of drug-likeness (QED) is 0.378. The summed E-state index contributed by atoms with van der Waals surface area (Å²) in [6, 6.07) is 9.60. The highest BCUT2D eigenvalue weighted by Gasteiger charge is 2.40. The molecule has 1 aromatic carbocycles. The van der Waals surface area contributed by atoms with E-state index < -0.39 is 22.0 Å². The van der Waals surface area contributed by atoms with Crippen molar-refractivity contribution in [1.82, 2.24) is 9.29 Å². The molecule has 1 aliphatic heterocycles. The lowest BCUT2D eigenvalue weighted by molar-refractivity contribution is -0.119. The Morgan fingerprint density at radius 1 is 1.30 bits per heavy atom. The molecular weight excluding hydrogens is 506 g/mol. The number of ether oxygens (including phenoxy) is 1. The number of carbonyl (C=O) groups excluding carboxylic acids is 1. The summed E-state index contributed by atoms with van der Waals surface area (Å²) < 4.78 is 38.9. The summed E-state index contributed by atoms with van der Waals surface area (Å²) in [5, 5.41) is 5.82. The lowest BCUT2D eigenvalue weighted by Crippen LogP contribution is -2.42. The molecular formula is C21H18ClN3O5S3. The highest BCUT2D eigenvalue weighted by atomic mass is 35.5. The van der Waals surface area contributed by atoms with E-state index in [9.17, 15) is 13.2 Å². The fourth-order valence-electron chi connectivity index (χ4n) is 3.74. The van der Waals surface area contributed by atoms with Gasteiger partial charge in [0.25, 0.3) is 10.0 Å². The fourth-order valence-corrected chi connectivity index (χ4v) is 7.71. The van der Waals surface area contributed by atoms with E-state index in [-0.39, 0.29) is 10.8 Å². The molecule has 0 saturated carbocycles. The van der Waals surface area contributed by atoms with Gasteiger partial charge in [0.1, 0.15) is 27.3 Å². The molecule has 3 aromatic heterocycles. The first-order valence-corrected chi connectivity index (χ1v) is 13.5. The summed E-state index contributed by atoms with van der Waals surface area (Å²) in [4.78, 5) is 17.4. The number of fused-ring (bicyclic) bond motifs is 1. The molecule has 5 rings (SSSR count). The van der Waals surface area contributed by atoms with E-state index in [2.05, 4.69) is 10.3 Å². The van der Waals surface area contributed by atoms with E-state index in [1.165, 1.54) is 27.8 Å². The van der Waals surface area contributed by atoms with Crippen LogP contribution in [0.25, 0.3) is 22.4 Å². The maximum absolute atomic E-state index is 13.0. The van der Waals surface area contributed by atoms with Gasteiger partial charge in [-0.05, 0) is 43.2 Å². The van der Waals surface area contributed by atoms with Crippen LogP contribution in [0.4, 0.5) is 5.13 Å². The highest BCUT2D eigenvalue weighted by molar-refractivity contribution is 7.91. The van der Waals surface area contributed by atoms with Crippen LogP contribution in [-0.2, 0) is 14.8 Å². The Morgan fingerprint density at radius 2 is 2.15 bits per heavy atom. The van der Waals surface area contributed by atoms with Gasteiger partial charge < -0.3 is 14.5 Å². The Hall–Kier alpha value is -2.44. The number of aromatic nitrogens is 1. The summed E-state index contributed by atoms with van der Waals surface area (Å²) in [7, 11) is -2.21. The van der Waals surface area contributed by atoms with Crippen molar-refractivity contribution < 1.29 is 22.4 Å². The van der Waals surface area contributed by atoms with Crippen LogP contribution >= 0.6 is 34.3 Å². The minimum absolute atomic E-state index is 0.130. The van der Waals surface area contributed by atoms with E-state index in [1.807, 2.05) is 18.2 Å². The molecule has 0 bridgehead atoms. The van der Waals surface area contributed by atoms with Gasteiger partial charge in [-0.15, -0.1) is 22.7 Å². The number of thiazole rings is 1. The molecule has 0 radical (unpaired) electrons. The van der Waals surface area contributed by atoms with E-state index in [0.29, 0.717) is 45.1 Å². The van der Waals surface area contributed by atoms with Crippen LogP contribution in [-0.4, -0.2) is 43.3 Å². The van der Waals surface area contributed by atoms with Gasteiger partial charge >= 0.3 is 0 Å². The molecule has 1 atom stereocenters. The van der Waals surface area contributed by atoms with Crippen molar-refractivity contribution in [2.45, 2.75) is 23.1 Å². The fraction of sp³-hybridized carbons (Fsp3) is 0.238. The molecule has 4 heterocycles. The number of thiophene rings is 1. The first-order chi connectivity index (χ1) is 15.8. The van der Waals surface area contributed by atoms with Crippen molar-refractivity contribution in [2.24, 2.45) is 0 Å². The van der Waals surface area contributed by atoms with E-state index in [1.54, 1.807) is 18.6 Å². The number of amides is 1. The molecule has 4 aromatic rings.